The molecule has 3 rings (SSSR count). The predicted molar refractivity (Wildman–Crippen MR) is 79.3 cm³/mol. The monoisotopic (exact) mass is 263 g/mol. The van der Waals surface area contributed by atoms with Crippen molar-refractivity contribution in [1.29, 1.82) is 5.26 Å². The average Bonchev–Trinajstić information content (AvgIpc) is 2.50. The Balaban J connectivity index is 1.77. The Labute approximate surface area is 119 Å². The molecule has 0 amide bonds. The number of benzene rings is 1. The molecule has 1 aromatic heterocycles. The molecular formula is C17H17N3. The van der Waals surface area contributed by atoms with E-state index in [0.717, 1.165) is 24.1 Å². The molecule has 0 saturated heterocycles. The van der Waals surface area contributed by atoms with Gasteiger partial charge in [0.15, 0.2) is 0 Å². The Morgan fingerprint density at radius 1 is 1.25 bits per heavy atom. The van der Waals surface area contributed by atoms with Crippen molar-refractivity contribution < 1.29 is 0 Å². The van der Waals surface area contributed by atoms with Gasteiger partial charge in [0.1, 0.15) is 0 Å². The summed E-state index contributed by atoms with van der Waals surface area (Å²) >= 11 is 0. The Morgan fingerprint density at radius 3 is 2.90 bits per heavy atom. The maximum atomic E-state index is 8.69. The highest BCUT2D eigenvalue weighted by atomic mass is 14.9. The second-order valence-corrected chi connectivity index (χ2v) is 5.17. The number of nitriles is 1. The van der Waals surface area contributed by atoms with E-state index in [0.29, 0.717) is 12.5 Å². The summed E-state index contributed by atoms with van der Waals surface area (Å²) in [5.74, 6) is 0. The zero-order valence-corrected chi connectivity index (χ0v) is 11.3. The van der Waals surface area contributed by atoms with Crippen molar-refractivity contribution in [2.75, 3.05) is 5.32 Å². The Hall–Kier alpha value is -2.34. The molecule has 3 heteroatoms. The number of rotatable bonds is 3. The minimum Gasteiger partial charge on any atom is -0.377 e. The highest BCUT2D eigenvalue weighted by Gasteiger charge is 2.20. The number of aromatic nitrogens is 1. The van der Waals surface area contributed by atoms with E-state index in [-0.39, 0.29) is 0 Å². The van der Waals surface area contributed by atoms with Crippen LogP contribution in [0.3, 0.4) is 0 Å². The number of anilines is 1. The van der Waals surface area contributed by atoms with E-state index in [1.807, 2.05) is 36.5 Å². The number of nitrogens with zero attached hydrogens (tertiary/aromatic N) is 2. The van der Waals surface area contributed by atoms with Crippen LogP contribution < -0.4 is 5.32 Å². The molecule has 3 nitrogen and oxygen atoms in total. The van der Waals surface area contributed by atoms with E-state index < -0.39 is 0 Å². The largest absolute Gasteiger partial charge is 0.377 e. The van der Waals surface area contributed by atoms with Gasteiger partial charge in [0.25, 0.3) is 0 Å². The smallest absolute Gasteiger partial charge is 0.0688 e. The van der Waals surface area contributed by atoms with E-state index >= 15 is 0 Å². The number of nitrogens with one attached hydrogen (secondary N) is 1. The van der Waals surface area contributed by atoms with Gasteiger partial charge in [-0.25, -0.2) is 0 Å². The second kappa shape index (κ2) is 5.75. The fourth-order valence-corrected chi connectivity index (χ4v) is 2.76. The molecule has 100 valence electrons. The first-order chi connectivity index (χ1) is 9.86. The summed E-state index contributed by atoms with van der Waals surface area (Å²) in [5, 5.41) is 12.2. The molecule has 0 aliphatic heterocycles. The Kier molecular flexibility index (Phi) is 3.64. The van der Waals surface area contributed by atoms with Crippen molar-refractivity contribution in [3.8, 4) is 6.07 Å². The molecule has 20 heavy (non-hydrogen) atoms. The zero-order chi connectivity index (χ0) is 13.8. The topological polar surface area (TPSA) is 48.7 Å². The molecule has 2 aromatic rings. The van der Waals surface area contributed by atoms with Crippen LogP contribution in [0.4, 0.5) is 5.69 Å². The fraction of sp³-hybridized carbons (Fsp3) is 0.294. The van der Waals surface area contributed by atoms with Gasteiger partial charge in [-0.2, -0.15) is 5.26 Å². The van der Waals surface area contributed by atoms with Gasteiger partial charge in [0.2, 0.25) is 0 Å². The second-order valence-electron chi connectivity index (χ2n) is 5.17. The Bertz CT molecular complexity index is 625. The standard InChI is InChI=1S/C17H17N3/c18-11-10-13-6-8-15(9-7-13)20-16-5-1-3-14-4-2-12-19-17(14)16/h2,4,6-9,12,16,20H,1,3,5,10H2. The van der Waals surface area contributed by atoms with Crippen LogP contribution in [-0.2, 0) is 12.8 Å². The molecular weight excluding hydrogens is 246 g/mol. The average molecular weight is 263 g/mol. The fourth-order valence-electron chi connectivity index (χ4n) is 2.76. The third-order valence-corrected chi connectivity index (χ3v) is 3.77. The van der Waals surface area contributed by atoms with Crippen molar-refractivity contribution in [2.45, 2.75) is 31.7 Å². The van der Waals surface area contributed by atoms with Crippen LogP contribution in [0.25, 0.3) is 0 Å². The van der Waals surface area contributed by atoms with Gasteiger partial charge in [0.05, 0.1) is 24.2 Å². The predicted octanol–water partition coefficient (Wildman–Crippen LogP) is 3.64. The van der Waals surface area contributed by atoms with Crippen LogP contribution in [0.15, 0.2) is 42.6 Å². The molecule has 1 heterocycles. The first-order valence-electron chi connectivity index (χ1n) is 7.03. The van der Waals surface area contributed by atoms with Crippen LogP contribution >= 0.6 is 0 Å². The molecule has 1 unspecified atom stereocenters. The number of pyridine rings is 1. The number of aryl methyl sites for hydroxylation is 1. The van der Waals surface area contributed by atoms with Crippen LogP contribution in [0, 0.1) is 11.3 Å². The zero-order valence-electron chi connectivity index (χ0n) is 11.3. The van der Waals surface area contributed by atoms with Gasteiger partial charge < -0.3 is 5.32 Å². The normalized spacial score (nSPS) is 17.1. The quantitative estimate of drug-likeness (QED) is 0.919. The highest BCUT2D eigenvalue weighted by molar-refractivity contribution is 5.47. The van der Waals surface area contributed by atoms with Crippen molar-refractivity contribution in [2.24, 2.45) is 0 Å². The number of hydrogen-bond donors (Lipinski definition) is 1. The number of fused-ring (bicyclic) bond motifs is 1. The van der Waals surface area contributed by atoms with Crippen LogP contribution in [-0.4, -0.2) is 4.98 Å². The van der Waals surface area contributed by atoms with E-state index in [1.165, 1.54) is 17.7 Å². The lowest BCUT2D eigenvalue weighted by molar-refractivity contribution is 0.583. The molecule has 0 bridgehead atoms. The van der Waals surface area contributed by atoms with Gasteiger partial charge in [-0.05, 0) is 48.6 Å². The van der Waals surface area contributed by atoms with E-state index in [1.54, 1.807) is 0 Å². The third-order valence-electron chi connectivity index (χ3n) is 3.77. The minimum absolute atomic E-state index is 0.293. The van der Waals surface area contributed by atoms with Gasteiger partial charge in [-0.1, -0.05) is 18.2 Å². The first kappa shape index (κ1) is 12.7. The van der Waals surface area contributed by atoms with E-state index in [2.05, 4.69) is 22.4 Å². The molecule has 1 atom stereocenters. The summed E-state index contributed by atoms with van der Waals surface area (Å²) in [7, 11) is 0. The summed E-state index contributed by atoms with van der Waals surface area (Å²) in [5.41, 5.74) is 4.69. The lowest BCUT2D eigenvalue weighted by Crippen LogP contribution is -2.18. The summed E-state index contributed by atoms with van der Waals surface area (Å²) in [6.07, 6.45) is 5.78. The summed E-state index contributed by atoms with van der Waals surface area (Å²) < 4.78 is 0. The van der Waals surface area contributed by atoms with E-state index in [9.17, 15) is 0 Å². The summed E-state index contributed by atoms with van der Waals surface area (Å²) in [6.45, 7) is 0. The van der Waals surface area contributed by atoms with Crippen molar-refractivity contribution in [3.05, 3.63) is 59.4 Å². The first-order valence-corrected chi connectivity index (χ1v) is 7.03. The van der Waals surface area contributed by atoms with Crippen molar-refractivity contribution in [1.82, 2.24) is 4.98 Å². The molecule has 1 N–H and O–H groups in total. The SMILES string of the molecule is N#CCc1ccc(NC2CCCc3cccnc32)cc1. The molecule has 0 spiro atoms. The van der Waals surface area contributed by atoms with Crippen LogP contribution in [0.1, 0.15) is 35.7 Å². The highest BCUT2D eigenvalue weighted by Crippen LogP contribution is 2.30. The molecule has 1 aromatic carbocycles. The lowest BCUT2D eigenvalue weighted by Gasteiger charge is -2.26. The molecule has 1 aliphatic rings. The van der Waals surface area contributed by atoms with Gasteiger partial charge in [-0.15, -0.1) is 0 Å². The van der Waals surface area contributed by atoms with Gasteiger partial charge in [0, 0.05) is 11.9 Å². The minimum atomic E-state index is 0.293. The van der Waals surface area contributed by atoms with Crippen molar-refractivity contribution >= 4 is 5.69 Å². The number of hydrogen-bond acceptors (Lipinski definition) is 3. The summed E-state index contributed by atoms with van der Waals surface area (Å²) in [6, 6.07) is 14.8. The molecule has 0 saturated carbocycles. The molecule has 1 aliphatic carbocycles. The van der Waals surface area contributed by atoms with E-state index in [4.69, 9.17) is 5.26 Å². The van der Waals surface area contributed by atoms with Crippen molar-refractivity contribution in [3.63, 3.8) is 0 Å². The van der Waals surface area contributed by atoms with Crippen LogP contribution in [0.2, 0.25) is 0 Å². The van der Waals surface area contributed by atoms with Gasteiger partial charge in [-0.3, -0.25) is 4.98 Å². The lowest BCUT2D eigenvalue weighted by atomic mass is 9.92. The molecule has 0 fully saturated rings. The van der Waals surface area contributed by atoms with Crippen LogP contribution in [0.5, 0.6) is 0 Å². The third kappa shape index (κ3) is 2.65. The maximum absolute atomic E-state index is 8.69. The van der Waals surface area contributed by atoms with Gasteiger partial charge >= 0.3 is 0 Å². The summed E-state index contributed by atoms with van der Waals surface area (Å²) in [4.78, 5) is 4.54. The maximum Gasteiger partial charge on any atom is 0.0688 e. The molecule has 0 radical (unpaired) electrons. The Morgan fingerprint density at radius 2 is 2.10 bits per heavy atom.